The molecule has 0 saturated carbocycles. The second-order valence-electron chi connectivity index (χ2n) is 5.88. The number of aryl methyl sites for hydroxylation is 1. The quantitative estimate of drug-likeness (QED) is 0.751. The molecule has 2 aromatic rings. The summed E-state index contributed by atoms with van der Waals surface area (Å²) in [6.45, 7) is 5.25. The number of benzene rings is 1. The Morgan fingerprint density at radius 2 is 2.19 bits per heavy atom. The summed E-state index contributed by atoms with van der Waals surface area (Å²) in [5, 5.41) is 6.14. The first kappa shape index (κ1) is 14.9. The van der Waals surface area contributed by atoms with E-state index < -0.39 is 0 Å². The molecule has 1 atom stereocenters. The molecular weight excluding hydrogens is 282 g/mol. The van der Waals surface area contributed by atoms with E-state index in [4.69, 9.17) is 16.7 Å². The van der Waals surface area contributed by atoms with Gasteiger partial charge in [-0.3, -0.25) is 9.58 Å². The van der Waals surface area contributed by atoms with Crippen LogP contribution in [0.5, 0.6) is 0 Å². The molecule has 114 valence electrons. The number of hydrogen-bond acceptors (Lipinski definition) is 2. The van der Waals surface area contributed by atoms with Gasteiger partial charge in [0.25, 0.3) is 0 Å². The summed E-state index contributed by atoms with van der Waals surface area (Å²) in [5.41, 5.74) is 2.48. The third kappa shape index (κ3) is 3.09. The van der Waals surface area contributed by atoms with Crippen LogP contribution in [-0.2, 0) is 13.1 Å². The van der Waals surface area contributed by atoms with E-state index in [0.717, 1.165) is 25.4 Å². The first-order valence-electron chi connectivity index (χ1n) is 8.08. The van der Waals surface area contributed by atoms with Crippen LogP contribution in [0.3, 0.4) is 0 Å². The highest BCUT2D eigenvalue weighted by molar-refractivity contribution is 6.17. The highest BCUT2D eigenvalue weighted by atomic mass is 35.5. The van der Waals surface area contributed by atoms with E-state index in [1.807, 2.05) is 0 Å². The van der Waals surface area contributed by atoms with Gasteiger partial charge in [0.15, 0.2) is 0 Å². The van der Waals surface area contributed by atoms with E-state index in [9.17, 15) is 0 Å². The van der Waals surface area contributed by atoms with Crippen molar-refractivity contribution in [1.29, 1.82) is 0 Å². The molecule has 4 heteroatoms. The smallest absolute Gasteiger partial charge is 0.0843 e. The highest BCUT2D eigenvalue weighted by Crippen LogP contribution is 2.26. The number of aromatic nitrogens is 2. The van der Waals surface area contributed by atoms with Gasteiger partial charge < -0.3 is 0 Å². The zero-order valence-corrected chi connectivity index (χ0v) is 13.5. The molecule has 3 nitrogen and oxygen atoms in total. The van der Waals surface area contributed by atoms with Crippen molar-refractivity contribution in [2.75, 3.05) is 12.4 Å². The molecule has 1 fully saturated rings. The molecule has 0 aliphatic carbocycles. The molecule has 0 amide bonds. The van der Waals surface area contributed by atoms with Gasteiger partial charge in [-0.05, 0) is 45.2 Å². The summed E-state index contributed by atoms with van der Waals surface area (Å²) in [6, 6.07) is 9.27. The summed E-state index contributed by atoms with van der Waals surface area (Å²) in [7, 11) is 0. The maximum atomic E-state index is 5.85. The zero-order chi connectivity index (χ0) is 14.7. The van der Waals surface area contributed by atoms with Gasteiger partial charge in [-0.2, -0.15) is 5.10 Å². The first-order chi connectivity index (χ1) is 10.3. The van der Waals surface area contributed by atoms with Gasteiger partial charge in [-0.25, -0.2) is 0 Å². The molecule has 1 aromatic heterocycles. The molecule has 2 heterocycles. The van der Waals surface area contributed by atoms with Gasteiger partial charge in [0.1, 0.15) is 0 Å². The largest absolute Gasteiger partial charge is 0.294 e. The van der Waals surface area contributed by atoms with E-state index in [0.29, 0.717) is 6.04 Å². The molecule has 0 N–H and O–H groups in total. The molecule has 1 aliphatic heterocycles. The molecule has 1 unspecified atom stereocenters. The van der Waals surface area contributed by atoms with Crippen molar-refractivity contribution in [3.05, 3.63) is 30.0 Å². The van der Waals surface area contributed by atoms with Crippen molar-refractivity contribution in [3.63, 3.8) is 0 Å². The van der Waals surface area contributed by atoms with Crippen LogP contribution in [0.25, 0.3) is 10.9 Å². The molecule has 0 spiro atoms. The fraction of sp³-hybridized carbons (Fsp3) is 0.588. The number of nitrogens with zero attached hydrogens (tertiary/aromatic N) is 3. The van der Waals surface area contributed by atoms with Crippen molar-refractivity contribution in [3.8, 4) is 0 Å². The molecule has 3 rings (SSSR count). The number of rotatable bonds is 6. The SMILES string of the molecule is CCn1nc(CN2CCCC2CCCCl)c2ccccc21. The van der Waals surface area contributed by atoms with Crippen molar-refractivity contribution < 1.29 is 0 Å². The maximum Gasteiger partial charge on any atom is 0.0843 e. The number of likely N-dealkylation sites (tertiary alicyclic amines) is 1. The summed E-state index contributed by atoms with van der Waals surface area (Å²) >= 11 is 5.85. The van der Waals surface area contributed by atoms with Crippen molar-refractivity contribution in [2.24, 2.45) is 0 Å². The topological polar surface area (TPSA) is 21.1 Å². The molecule has 1 aromatic carbocycles. The number of halogens is 1. The maximum absolute atomic E-state index is 5.85. The lowest BCUT2D eigenvalue weighted by molar-refractivity contribution is 0.231. The zero-order valence-electron chi connectivity index (χ0n) is 12.8. The van der Waals surface area contributed by atoms with Gasteiger partial charge in [0, 0.05) is 30.4 Å². The van der Waals surface area contributed by atoms with Crippen molar-refractivity contribution in [1.82, 2.24) is 14.7 Å². The van der Waals surface area contributed by atoms with Gasteiger partial charge in [-0.15, -0.1) is 11.6 Å². The minimum atomic E-state index is 0.689. The summed E-state index contributed by atoms with van der Waals surface area (Å²) in [4.78, 5) is 2.60. The van der Waals surface area contributed by atoms with E-state index >= 15 is 0 Å². The number of alkyl halides is 1. The summed E-state index contributed by atoms with van der Waals surface area (Å²) < 4.78 is 2.12. The average Bonchev–Trinajstić information content (AvgIpc) is 3.10. The Bertz CT molecular complexity index is 593. The number of fused-ring (bicyclic) bond motifs is 1. The molecule has 1 saturated heterocycles. The van der Waals surface area contributed by atoms with Crippen LogP contribution in [0.1, 0.15) is 38.3 Å². The van der Waals surface area contributed by atoms with Crippen molar-refractivity contribution >= 4 is 22.5 Å². The van der Waals surface area contributed by atoms with Crippen LogP contribution in [0.2, 0.25) is 0 Å². The normalized spacial score (nSPS) is 19.6. The Kier molecular flexibility index (Phi) is 4.81. The second kappa shape index (κ2) is 6.80. The van der Waals surface area contributed by atoms with E-state index in [1.54, 1.807) is 0 Å². The standard InChI is InChI=1S/C17H24ClN3/c1-2-21-17-10-4-3-9-15(17)16(19-21)13-20-12-6-8-14(20)7-5-11-18/h3-4,9-10,14H,2,5-8,11-13H2,1H3. The number of para-hydroxylation sites is 1. The molecular formula is C17H24ClN3. The fourth-order valence-corrected chi connectivity index (χ4v) is 3.64. The van der Waals surface area contributed by atoms with E-state index in [-0.39, 0.29) is 0 Å². The van der Waals surface area contributed by atoms with Crippen molar-refractivity contribution in [2.45, 2.75) is 51.7 Å². The highest BCUT2D eigenvalue weighted by Gasteiger charge is 2.25. The minimum Gasteiger partial charge on any atom is -0.294 e. The fourth-order valence-electron chi connectivity index (χ4n) is 3.49. The third-order valence-electron chi connectivity index (χ3n) is 4.56. The predicted molar refractivity (Wildman–Crippen MR) is 88.8 cm³/mol. The monoisotopic (exact) mass is 305 g/mol. The minimum absolute atomic E-state index is 0.689. The molecule has 0 radical (unpaired) electrons. The summed E-state index contributed by atoms with van der Waals surface area (Å²) in [5.74, 6) is 0.776. The van der Waals surface area contributed by atoms with Crippen LogP contribution in [-0.4, -0.2) is 33.1 Å². The third-order valence-corrected chi connectivity index (χ3v) is 4.82. The predicted octanol–water partition coefficient (Wildman–Crippen LogP) is 4.04. The van der Waals surface area contributed by atoms with Gasteiger partial charge in [0.05, 0.1) is 11.2 Å². The van der Waals surface area contributed by atoms with Crippen LogP contribution in [0, 0.1) is 0 Å². The van der Waals surface area contributed by atoms with Gasteiger partial charge in [0.2, 0.25) is 0 Å². The van der Waals surface area contributed by atoms with E-state index in [2.05, 4.69) is 40.8 Å². The van der Waals surface area contributed by atoms with Crippen LogP contribution < -0.4 is 0 Å². The molecule has 21 heavy (non-hydrogen) atoms. The molecule has 0 bridgehead atoms. The van der Waals surface area contributed by atoms with Crippen LogP contribution >= 0.6 is 11.6 Å². The Labute approximate surface area is 131 Å². The second-order valence-corrected chi connectivity index (χ2v) is 6.26. The Morgan fingerprint density at radius 1 is 1.33 bits per heavy atom. The van der Waals surface area contributed by atoms with Crippen LogP contribution in [0.15, 0.2) is 24.3 Å². The lowest BCUT2D eigenvalue weighted by Gasteiger charge is -2.23. The van der Waals surface area contributed by atoms with Crippen LogP contribution in [0.4, 0.5) is 0 Å². The van der Waals surface area contributed by atoms with E-state index in [1.165, 1.54) is 42.4 Å². The van der Waals surface area contributed by atoms with Gasteiger partial charge >= 0.3 is 0 Å². The Hall–Kier alpha value is -1.06. The summed E-state index contributed by atoms with van der Waals surface area (Å²) in [6.07, 6.45) is 4.95. The van der Waals surface area contributed by atoms with Gasteiger partial charge in [-0.1, -0.05) is 18.2 Å². The number of hydrogen-bond donors (Lipinski definition) is 0. The lowest BCUT2D eigenvalue weighted by Crippen LogP contribution is -2.29. The Morgan fingerprint density at radius 3 is 3.00 bits per heavy atom. The average molecular weight is 306 g/mol. The molecule has 1 aliphatic rings. The lowest BCUT2D eigenvalue weighted by atomic mass is 10.1. The first-order valence-corrected chi connectivity index (χ1v) is 8.61. The Balaban J connectivity index is 1.81.